The van der Waals surface area contributed by atoms with E-state index in [0.29, 0.717) is 134 Å². The average molecular weight is 1460 g/mol. The third kappa shape index (κ3) is 27.9. The first-order valence-electron chi connectivity index (χ1n) is 32.9. The number of rotatable bonds is 18. The molecule has 10 N–H and O–H groups in total. The van der Waals surface area contributed by atoms with E-state index in [1.54, 1.807) is 92.6 Å². The van der Waals surface area contributed by atoms with E-state index in [2.05, 4.69) is 51.7 Å². The molecule has 2 aromatic heterocycles. The number of carbonyl (C=O) groups is 2. The summed E-state index contributed by atoms with van der Waals surface area (Å²) in [5.74, 6) is 2.58. The van der Waals surface area contributed by atoms with Crippen molar-refractivity contribution in [2.24, 2.45) is 29.4 Å². The summed E-state index contributed by atoms with van der Waals surface area (Å²) in [6.45, 7) is 9.40. The normalized spacial score (nSPS) is 17.9. The molecule has 0 bridgehead atoms. The number of para-hydroxylation sites is 2. The quantitative estimate of drug-likeness (QED) is 0.0224. The van der Waals surface area contributed by atoms with Crippen molar-refractivity contribution in [3.8, 4) is 0 Å². The number of halogens is 11. The van der Waals surface area contributed by atoms with Gasteiger partial charge in [0.05, 0.1) is 59.9 Å². The Balaban J connectivity index is 0.000000184. The van der Waals surface area contributed by atoms with Crippen molar-refractivity contribution >= 4 is 88.2 Å². The summed E-state index contributed by atoms with van der Waals surface area (Å²) in [6.07, 6.45) is -2.29. The number of fused-ring (bicyclic) bond motifs is 2. The number of benzene rings is 3. The van der Waals surface area contributed by atoms with Gasteiger partial charge in [-0.25, -0.2) is 33.0 Å². The van der Waals surface area contributed by atoms with Crippen molar-refractivity contribution in [3.63, 3.8) is 0 Å². The van der Waals surface area contributed by atoms with Gasteiger partial charge >= 0.3 is 44.7 Å². The highest BCUT2D eigenvalue weighted by Gasteiger charge is 2.36. The number of nitrogens with two attached hydrogens (primary N) is 1. The summed E-state index contributed by atoms with van der Waals surface area (Å²) in [7, 11) is -4.65. The van der Waals surface area contributed by atoms with Crippen molar-refractivity contribution in [1.29, 1.82) is 0 Å². The fraction of sp³-hybridized carbons (Fsp3) is 0.556. The van der Waals surface area contributed by atoms with Crippen LogP contribution in [0.4, 0.5) is 78.1 Å². The first-order chi connectivity index (χ1) is 46.9. The van der Waals surface area contributed by atoms with Gasteiger partial charge in [0, 0.05) is 30.1 Å². The number of aromatic nitrogens is 4. The molecule has 544 valence electrons. The van der Waals surface area contributed by atoms with Crippen LogP contribution in [0.25, 0.3) is 0 Å². The van der Waals surface area contributed by atoms with Crippen LogP contribution in [0.1, 0.15) is 68.1 Å². The second kappa shape index (κ2) is 38.2. The molecule has 36 heteroatoms. The van der Waals surface area contributed by atoms with Gasteiger partial charge in [-0.15, -0.1) is 0 Å². The standard InChI is InChI=1S/C20H22ClF3N6O.C19H15ClN4O3S.C9H18BF3N2O.C8H15F3N2.C7H17BN2O/c21-15-3-1-2-4-16(15)30-11-14-10-26-18(27-17(14)28-19(30)31)25-9-13-5-7-29(8-6-13)12-20(22,23)24;20-15-8-4-5-9-16(15)24-11-14-10-21-18(22-17(14)23-19(24)25)28(26,27)12-13-6-2-1-3-7-13;1-10(16)14-6-8-2-4-15(5-3-8)7-9(11,12)13;9-8(10,11)6-13-3-1-7(5-12)2-4-13;1-8(11)10-6-7-2-4-9-5-3-7/h1-4,10,13H,5-9,11-12H2,(H2,25,26,27,28,31);1-10H,11-12H2,(H,21,22,23,25);8,14,16H,2-7H2,1H3;7H,1-6,12H2;7,9-11H,2-6H2,1H3. The predicted molar refractivity (Wildman–Crippen MR) is 367 cm³/mol. The Labute approximate surface area is 582 Å². The highest BCUT2D eigenvalue weighted by molar-refractivity contribution is 7.90. The van der Waals surface area contributed by atoms with Gasteiger partial charge < -0.3 is 36.9 Å². The summed E-state index contributed by atoms with van der Waals surface area (Å²) in [5.41, 5.74) is 8.57. The number of likely N-dealkylation sites (tertiary alicyclic amines) is 3. The minimum absolute atomic E-state index is 0.184. The molecule has 99 heavy (non-hydrogen) atoms. The molecule has 11 rings (SSSR count). The Bertz CT molecular complexity index is 3430. The lowest BCUT2D eigenvalue weighted by Crippen LogP contribution is -2.43. The molecule has 4 saturated heterocycles. The highest BCUT2D eigenvalue weighted by Crippen LogP contribution is 2.34. The lowest BCUT2D eigenvalue weighted by molar-refractivity contribution is -0.149. The molecule has 0 radical (unpaired) electrons. The Morgan fingerprint density at radius 3 is 1.38 bits per heavy atom. The van der Waals surface area contributed by atoms with Crippen molar-refractivity contribution in [3.05, 3.63) is 118 Å². The number of anilines is 5. The molecular weight excluding hydrogens is 1370 g/mol. The maximum atomic E-state index is 12.6. The molecule has 0 atom stereocenters. The summed E-state index contributed by atoms with van der Waals surface area (Å²) >= 11 is 12.4. The molecule has 22 nitrogen and oxygen atoms in total. The number of urea groups is 2. The van der Waals surface area contributed by atoms with Crippen molar-refractivity contribution in [2.45, 2.75) is 108 Å². The number of amides is 4. The molecular formula is C63H87B2Cl2F9N16O6S. The first-order valence-corrected chi connectivity index (χ1v) is 35.3. The lowest BCUT2D eigenvalue weighted by Gasteiger charge is -2.32. The van der Waals surface area contributed by atoms with Gasteiger partial charge in [-0.2, -0.15) is 44.5 Å². The van der Waals surface area contributed by atoms with Crippen molar-refractivity contribution in [1.82, 2.24) is 50.4 Å². The number of nitrogens with zero attached hydrogens (tertiary/aromatic N) is 9. The minimum atomic E-state index is -4.16. The molecule has 8 heterocycles. The summed E-state index contributed by atoms with van der Waals surface area (Å²) < 4.78 is 135. The number of hydrogen-bond acceptors (Lipinski definition) is 18. The van der Waals surface area contributed by atoms with E-state index in [-0.39, 0.29) is 42.3 Å². The van der Waals surface area contributed by atoms with E-state index in [1.165, 1.54) is 43.5 Å². The second-order valence-electron chi connectivity index (χ2n) is 25.3. The molecule has 0 unspecified atom stereocenters. The maximum Gasteiger partial charge on any atom is 0.401 e. The highest BCUT2D eigenvalue weighted by atomic mass is 35.5. The second-order valence-corrected chi connectivity index (χ2v) is 28.0. The van der Waals surface area contributed by atoms with Gasteiger partial charge in [-0.1, -0.05) is 77.8 Å². The molecule has 0 spiro atoms. The van der Waals surface area contributed by atoms with E-state index in [0.717, 1.165) is 56.8 Å². The van der Waals surface area contributed by atoms with Gasteiger partial charge in [-0.3, -0.25) is 35.1 Å². The zero-order chi connectivity index (χ0) is 71.9. The van der Waals surface area contributed by atoms with Gasteiger partial charge in [0.25, 0.3) is 0 Å². The van der Waals surface area contributed by atoms with E-state index < -0.39 is 61.1 Å². The molecule has 5 aromatic rings. The van der Waals surface area contributed by atoms with Crippen LogP contribution in [0.5, 0.6) is 0 Å². The monoisotopic (exact) mass is 1460 g/mol. The summed E-state index contributed by atoms with van der Waals surface area (Å²) in [6, 6.07) is 22.1. The van der Waals surface area contributed by atoms with Gasteiger partial charge in [0.2, 0.25) is 20.9 Å². The largest absolute Gasteiger partial charge is 0.437 e. The zero-order valence-corrected chi connectivity index (χ0v) is 57.5. The predicted octanol–water partition coefficient (Wildman–Crippen LogP) is 9.89. The van der Waals surface area contributed by atoms with Crippen LogP contribution < -0.4 is 47.3 Å². The Hall–Kier alpha value is -6.17. The summed E-state index contributed by atoms with van der Waals surface area (Å²) in [5, 5.41) is 36.3. The fourth-order valence-electron chi connectivity index (χ4n) is 11.7. The zero-order valence-electron chi connectivity index (χ0n) is 55.2. The molecule has 4 amide bonds. The maximum absolute atomic E-state index is 12.6. The van der Waals surface area contributed by atoms with Gasteiger partial charge in [-0.05, 0) is 191 Å². The lowest BCUT2D eigenvalue weighted by atomic mass is 9.86. The number of hydrogen-bond donors (Lipinski definition) is 9. The number of alkyl halides is 9. The van der Waals surface area contributed by atoms with Crippen LogP contribution >= 0.6 is 23.2 Å². The molecule has 6 aliphatic heterocycles. The Morgan fingerprint density at radius 1 is 0.566 bits per heavy atom. The van der Waals surface area contributed by atoms with Crippen molar-refractivity contribution < 1.29 is 67.6 Å². The van der Waals surface area contributed by atoms with E-state index in [1.807, 2.05) is 6.07 Å². The first kappa shape index (κ1) is 80.1. The van der Waals surface area contributed by atoms with Gasteiger partial charge in [0.15, 0.2) is 0 Å². The third-order valence-corrected chi connectivity index (χ3v) is 19.2. The van der Waals surface area contributed by atoms with E-state index in [9.17, 15) is 57.5 Å². The van der Waals surface area contributed by atoms with Crippen LogP contribution in [0, 0.1) is 23.7 Å². The number of nitrogens with one attached hydrogen (secondary N) is 6. The number of piperidine rings is 4. The average Bonchev–Trinajstić information content (AvgIpc) is 0.787. The molecule has 0 aliphatic carbocycles. The molecule has 0 saturated carbocycles. The van der Waals surface area contributed by atoms with E-state index >= 15 is 0 Å². The molecule has 6 aliphatic rings. The number of carbonyl (C=O) groups excluding carboxylic acids is 2. The van der Waals surface area contributed by atoms with Crippen LogP contribution in [0.3, 0.4) is 0 Å². The van der Waals surface area contributed by atoms with Crippen LogP contribution in [-0.4, -0.2) is 196 Å². The van der Waals surface area contributed by atoms with Crippen LogP contribution in [0.15, 0.2) is 96.4 Å². The number of sulfone groups is 1. The van der Waals surface area contributed by atoms with Gasteiger partial charge in [0.1, 0.15) is 11.6 Å². The summed E-state index contributed by atoms with van der Waals surface area (Å²) in [4.78, 5) is 49.2. The molecule has 4 fully saturated rings. The topological polar surface area (TPSA) is 275 Å². The Morgan fingerprint density at radius 2 is 0.960 bits per heavy atom. The van der Waals surface area contributed by atoms with Crippen LogP contribution in [0.2, 0.25) is 23.7 Å². The minimum Gasteiger partial charge on any atom is -0.437 e. The smallest absolute Gasteiger partial charge is 0.401 e. The van der Waals surface area contributed by atoms with E-state index in [4.69, 9.17) is 39.0 Å². The van der Waals surface area contributed by atoms with Crippen molar-refractivity contribution in [2.75, 3.05) is 124 Å². The molecule has 3 aromatic carbocycles. The Kier molecular flexibility index (Phi) is 30.9. The third-order valence-electron chi connectivity index (χ3n) is 17.1. The fourth-order valence-corrected chi connectivity index (χ4v) is 13.4. The SMILES string of the molecule is CB(O)NCC1CCN(CC(F)(F)F)CC1.CB(O)NCC1CCNCC1.NCC1CCN(CC(F)(F)F)CC1.O=C1Nc2nc(NCC3CCN(CC(F)(F)F)CC3)ncc2CN1c1ccccc1Cl.O=C1Nc2nc(S(=O)(=O)Cc3ccccc3)ncc2CN1c1ccccc1Cl. The van der Waals surface area contributed by atoms with Crippen LogP contribution in [-0.2, 0) is 28.7 Å².